The molecule has 3 aromatic carbocycles. The van der Waals surface area contributed by atoms with E-state index in [2.05, 4.69) is 10.5 Å². The van der Waals surface area contributed by atoms with Crippen LogP contribution in [0.4, 0.5) is 0 Å². The number of hydrazone groups is 1. The van der Waals surface area contributed by atoms with Crippen LogP contribution < -0.4 is 19.6 Å². The first-order valence-corrected chi connectivity index (χ1v) is 11.1. The minimum atomic E-state index is -0.788. The summed E-state index contributed by atoms with van der Waals surface area (Å²) in [6.45, 7) is 3.77. The summed E-state index contributed by atoms with van der Waals surface area (Å²) in [6, 6.07) is 18.0. The number of rotatable bonds is 9. The zero-order valence-electron chi connectivity index (χ0n) is 18.5. The Labute approximate surface area is 207 Å². The summed E-state index contributed by atoms with van der Waals surface area (Å²) >= 11 is 11.8. The van der Waals surface area contributed by atoms with Gasteiger partial charge in [-0.25, -0.2) is 10.2 Å². The van der Waals surface area contributed by atoms with E-state index in [9.17, 15) is 9.59 Å². The predicted octanol–water partition coefficient (Wildman–Crippen LogP) is 5.53. The van der Waals surface area contributed by atoms with Gasteiger partial charge in [0.25, 0.3) is 5.91 Å². The lowest BCUT2D eigenvalue weighted by molar-refractivity contribution is -0.127. The molecule has 176 valence electrons. The number of hydrogen-bond donors (Lipinski definition) is 1. The molecule has 0 heterocycles. The number of carbonyl (C=O) groups is 2. The van der Waals surface area contributed by atoms with Gasteiger partial charge in [0.1, 0.15) is 5.75 Å². The first-order valence-electron chi connectivity index (χ1n) is 10.4. The van der Waals surface area contributed by atoms with Gasteiger partial charge in [-0.2, -0.15) is 5.10 Å². The van der Waals surface area contributed by atoms with Gasteiger partial charge in [0.2, 0.25) is 0 Å². The van der Waals surface area contributed by atoms with Gasteiger partial charge in [-0.3, -0.25) is 4.79 Å². The quantitative estimate of drug-likeness (QED) is 0.180. The fraction of sp³-hybridized carbons (Fsp3) is 0.160. The highest BCUT2D eigenvalue weighted by Crippen LogP contribution is 2.29. The zero-order valence-corrected chi connectivity index (χ0v) is 20.0. The van der Waals surface area contributed by atoms with Crippen LogP contribution in [-0.4, -0.2) is 30.8 Å². The second kappa shape index (κ2) is 12.1. The van der Waals surface area contributed by atoms with Gasteiger partial charge in [-0.15, -0.1) is 0 Å². The summed E-state index contributed by atoms with van der Waals surface area (Å²) in [5.41, 5.74) is 3.41. The Morgan fingerprint density at radius 1 is 1.00 bits per heavy atom. The van der Waals surface area contributed by atoms with Crippen LogP contribution in [0, 0.1) is 0 Å². The lowest BCUT2D eigenvalue weighted by atomic mass is 10.2. The minimum absolute atomic E-state index is 0.256. The van der Waals surface area contributed by atoms with Gasteiger partial charge in [0.05, 0.1) is 18.4 Å². The van der Waals surface area contributed by atoms with Crippen molar-refractivity contribution in [2.24, 2.45) is 5.10 Å². The number of benzene rings is 3. The minimum Gasteiger partial charge on any atom is -0.490 e. The van der Waals surface area contributed by atoms with E-state index in [4.69, 9.17) is 37.4 Å². The van der Waals surface area contributed by atoms with Crippen molar-refractivity contribution in [2.45, 2.75) is 20.0 Å². The lowest BCUT2D eigenvalue weighted by Crippen LogP contribution is -2.33. The van der Waals surface area contributed by atoms with Gasteiger partial charge >= 0.3 is 5.97 Å². The Kier molecular flexibility index (Phi) is 8.90. The molecule has 0 saturated carbocycles. The molecule has 0 bridgehead atoms. The van der Waals surface area contributed by atoms with Crippen molar-refractivity contribution in [1.29, 1.82) is 0 Å². The molecule has 34 heavy (non-hydrogen) atoms. The lowest BCUT2D eigenvalue weighted by Gasteiger charge is -2.13. The molecule has 3 aromatic rings. The normalized spacial score (nSPS) is 11.6. The number of carbonyl (C=O) groups excluding carboxylic acids is 2. The molecule has 1 atom stereocenters. The number of hydrogen-bond acceptors (Lipinski definition) is 6. The van der Waals surface area contributed by atoms with Gasteiger partial charge in [-0.05, 0) is 80.1 Å². The van der Waals surface area contributed by atoms with E-state index in [0.29, 0.717) is 39.3 Å². The van der Waals surface area contributed by atoms with Gasteiger partial charge < -0.3 is 14.2 Å². The van der Waals surface area contributed by atoms with Crippen LogP contribution in [0.15, 0.2) is 71.8 Å². The molecular weight excluding hydrogens is 479 g/mol. The zero-order chi connectivity index (χ0) is 24.5. The van der Waals surface area contributed by atoms with Crippen molar-refractivity contribution in [3.8, 4) is 17.2 Å². The van der Waals surface area contributed by atoms with Gasteiger partial charge in [0, 0.05) is 10.0 Å². The van der Waals surface area contributed by atoms with E-state index >= 15 is 0 Å². The van der Waals surface area contributed by atoms with E-state index < -0.39 is 18.0 Å². The first kappa shape index (κ1) is 25.1. The summed E-state index contributed by atoms with van der Waals surface area (Å²) in [6.07, 6.45) is 0.654. The Balaban J connectivity index is 1.62. The van der Waals surface area contributed by atoms with Crippen molar-refractivity contribution >= 4 is 41.3 Å². The standard InChI is InChI=1S/C25H22Cl2N2O5/c1-3-32-23-13-17(7-12-22(23)34-25(31)18-8-10-19(26)11-9-18)15-28-29-24(30)16(2)33-21-6-4-5-20(27)14-21/h4-16H,3H2,1-2H3,(H,29,30). The predicted molar refractivity (Wildman–Crippen MR) is 131 cm³/mol. The third-order valence-electron chi connectivity index (χ3n) is 4.42. The number of amides is 1. The van der Waals surface area contributed by atoms with Crippen LogP contribution in [0.2, 0.25) is 10.0 Å². The summed E-state index contributed by atoms with van der Waals surface area (Å²) in [4.78, 5) is 24.7. The fourth-order valence-electron chi connectivity index (χ4n) is 2.76. The van der Waals surface area contributed by atoms with E-state index in [1.165, 1.54) is 6.21 Å². The van der Waals surface area contributed by atoms with Crippen LogP contribution >= 0.6 is 23.2 Å². The van der Waals surface area contributed by atoms with Crippen molar-refractivity contribution in [2.75, 3.05) is 6.61 Å². The Bertz CT molecular complexity index is 1180. The van der Waals surface area contributed by atoms with Crippen LogP contribution in [0.1, 0.15) is 29.8 Å². The van der Waals surface area contributed by atoms with E-state index in [1.54, 1.807) is 73.7 Å². The number of halogens is 2. The monoisotopic (exact) mass is 500 g/mol. The van der Waals surface area contributed by atoms with E-state index in [0.717, 1.165) is 0 Å². The molecule has 1 amide bonds. The molecule has 9 heteroatoms. The van der Waals surface area contributed by atoms with Crippen LogP contribution in [-0.2, 0) is 4.79 Å². The highest BCUT2D eigenvalue weighted by molar-refractivity contribution is 6.31. The SMILES string of the molecule is CCOc1cc(C=NNC(=O)C(C)Oc2cccc(Cl)c2)ccc1OC(=O)c1ccc(Cl)cc1. The summed E-state index contributed by atoms with van der Waals surface area (Å²) in [5, 5.41) is 4.99. The summed E-state index contributed by atoms with van der Waals surface area (Å²) in [7, 11) is 0. The third-order valence-corrected chi connectivity index (χ3v) is 4.90. The molecule has 1 unspecified atom stereocenters. The second-order valence-corrected chi connectivity index (χ2v) is 7.86. The Morgan fingerprint density at radius 2 is 1.76 bits per heavy atom. The topological polar surface area (TPSA) is 86.2 Å². The summed E-state index contributed by atoms with van der Waals surface area (Å²) < 4.78 is 16.6. The molecule has 0 aliphatic carbocycles. The van der Waals surface area contributed by atoms with Crippen LogP contribution in [0.5, 0.6) is 17.2 Å². The first-order chi connectivity index (χ1) is 16.4. The molecule has 1 N–H and O–H groups in total. The Hall–Kier alpha value is -3.55. The van der Waals surface area contributed by atoms with E-state index in [-0.39, 0.29) is 5.75 Å². The molecule has 0 spiro atoms. The van der Waals surface area contributed by atoms with Gasteiger partial charge in [-0.1, -0.05) is 29.3 Å². The largest absolute Gasteiger partial charge is 0.490 e. The van der Waals surface area contributed by atoms with E-state index in [1.807, 2.05) is 6.92 Å². The van der Waals surface area contributed by atoms with Crippen LogP contribution in [0.25, 0.3) is 0 Å². The molecule has 0 aromatic heterocycles. The molecule has 0 fully saturated rings. The maximum Gasteiger partial charge on any atom is 0.343 e. The number of esters is 1. The maximum absolute atomic E-state index is 12.4. The molecule has 3 rings (SSSR count). The highest BCUT2D eigenvalue weighted by Gasteiger charge is 2.15. The van der Waals surface area contributed by atoms with Crippen molar-refractivity contribution in [3.05, 3.63) is 87.9 Å². The van der Waals surface area contributed by atoms with Crippen molar-refractivity contribution < 1.29 is 23.8 Å². The van der Waals surface area contributed by atoms with Crippen molar-refractivity contribution in [1.82, 2.24) is 5.43 Å². The third kappa shape index (κ3) is 7.23. The average Bonchev–Trinajstić information content (AvgIpc) is 2.81. The number of nitrogens with one attached hydrogen (secondary N) is 1. The number of nitrogens with zero attached hydrogens (tertiary/aromatic N) is 1. The maximum atomic E-state index is 12.4. The number of ether oxygens (including phenoxy) is 3. The highest BCUT2D eigenvalue weighted by atomic mass is 35.5. The average molecular weight is 501 g/mol. The van der Waals surface area contributed by atoms with Crippen molar-refractivity contribution in [3.63, 3.8) is 0 Å². The molecular formula is C25H22Cl2N2O5. The van der Waals surface area contributed by atoms with Crippen LogP contribution in [0.3, 0.4) is 0 Å². The smallest absolute Gasteiger partial charge is 0.343 e. The molecule has 0 saturated heterocycles. The molecule has 7 nitrogen and oxygen atoms in total. The molecule has 0 aliphatic rings. The summed E-state index contributed by atoms with van der Waals surface area (Å²) in [5.74, 6) is 0.114. The molecule has 0 aliphatic heterocycles. The second-order valence-electron chi connectivity index (χ2n) is 6.99. The fourth-order valence-corrected chi connectivity index (χ4v) is 3.07. The van der Waals surface area contributed by atoms with Gasteiger partial charge in [0.15, 0.2) is 17.6 Å². The molecule has 0 radical (unpaired) electrons. The Morgan fingerprint density at radius 3 is 2.47 bits per heavy atom.